The highest BCUT2D eigenvalue weighted by Crippen LogP contribution is 2.30. The van der Waals surface area contributed by atoms with E-state index in [0.29, 0.717) is 12.8 Å². The summed E-state index contributed by atoms with van der Waals surface area (Å²) < 4.78 is 27.1. The molecule has 0 heterocycles. The van der Waals surface area contributed by atoms with Crippen LogP contribution in [0.15, 0.2) is 17.0 Å². The normalized spacial score (nSPS) is 12.8. The molecule has 23 heavy (non-hydrogen) atoms. The van der Waals surface area contributed by atoms with Gasteiger partial charge in [0, 0.05) is 5.56 Å². The Labute approximate surface area is 134 Å². The largest absolute Gasteiger partial charge is 0.480 e. The molecule has 128 valence electrons. The number of carboxylic acids is 1. The van der Waals surface area contributed by atoms with E-state index in [2.05, 4.69) is 4.72 Å². The molecule has 0 aliphatic carbocycles. The molecule has 0 aromatic heterocycles. The number of rotatable bonds is 8. The third kappa shape index (κ3) is 4.49. The lowest BCUT2D eigenvalue weighted by molar-refractivity contribution is -0.388. The molecule has 0 bridgehead atoms. The van der Waals surface area contributed by atoms with E-state index in [1.165, 1.54) is 26.0 Å². The Morgan fingerprint density at radius 3 is 2.39 bits per heavy atom. The third-order valence-corrected chi connectivity index (χ3v) is 5.07. The lowest BCUT2D eigenvalue weighted by Crippen LogP contribution is -2.41. The van der Waals surface area contributed by atoms with Gasteiger partial charge >= 0.3 is 5.97 Å². The summed E-state index contributed by atoms with van der Waals surface area (Å²) in [4.78, 5) is 21.2. The van der Waals surface area contributed by atoms with Gasteiger partial charge in [0.1, 0.15) is 6.04 Å². The number of aliphatic carboxylic acids is 1. The van der Waals surface area contributed by atoms with E-state index >= 15 is 0 Å². The Kier molecular flexibility index (Phi) is 6.22. The zero-order valence-electron chi connectivity index (χ0n) is 13.2. The molecule has 0 aliphatic heterocycles. The molecule has 0 saturated heterocycles. The fourth-order valence-corrected chi connectivity index (χ4v) is 3.92. The van der Waals surface area contributed by atoms with Gasteiger partial charge in [0.2, 0.25) is 10.0 Å². The van der Waals surface area contributed by atoms with Crippen LogP contribution in [0.3, 0.4) is 0 Å². The molecule has 1 rings (SSSR count). The van der Waals surface area contributed by atoms with Gasteiger partial charge in [-0.05, 0) is 25.8 Å². The van der Waals surface area contributed by atoms with Gasteiger partial charge in [-0.1, -0.05) is 31.9 Å². The second kappa shape index (κ2) is 7.51. The van der Waals surface area contributed by atoms with Crippen LogP contribution in [0.1, 0.15) is 37.3 Å². The minimum atomic E-state index is -4.34. The van der Waals surface area contributed by atoms with E-state index < -0.39 is 37.5 Å². The van der Waals surface area contributed by atoms with Crippen molar-refractivity contribution < 1.29 is 23.2 Å². The number of nitro groups is 1. The molecule has 0 unspecified atom stereocenters. The number of carboxylic acid groups (broad SMARTS) is 1. The van der Waals surface area contributed by atoms with Crippen molar-refractivity contribution in [2.45, 2.75) is 51.0 Å². The number of sulfonamides is 1. The van der Waals surface area contributed by atoms with E-state index in [1.807, 2.05) is 6.92 Å². The average Bonchev–Trinajstić information content (AvgIpc) is 2.44. The van der Waals surface area contributed by atoms with E-state index in [-0.39, 0.29) is 17.5 Å². The molecular formula is C14H20N2O6S. The van der Waals surface area contributed by atoms with Gasteiger partial charge in [-0.25, -0.2) is 8.42 Å². The molecule has 0 radical (unpaired) electrons. The monoisotopic (exact) mass is 344 g/mol. The predicted molar refractivity (Wildman–Crippen MR) is 83.8 cm³/mol. The van der Waals surface area contributed by atoms with Crippen LogP contribution in [0.4, 0.5) is 5.69 Å². The smallest absolute Gasteiger partial charge is 0.321 e. The quantitative estimate of drug-likeness (QED) is 0.549. The van der Waals surface area contributed by atoms with Gasteiger partial charge in [0.25, 0.3) is 5.69 Å². The summed E-state index contributed by atoms with van der Waals surface area (Å²) in [6, 6.07) is 1.59. The number of nitro benzene ring substituents is 1. The molecule has 0 aliphatic rings. The number of benzene rings is 1. The van der Waals surface area contributed by atoms with Crippen molar-refractivity contribution in [3.63, 3.8) is 0 Å². The van der Waals surface area contributed by atoms with Crippen molar-refractivity contribution in [1.82, 2.24) is 4.72 Å². The van der Waals surface area contributed by atoms with Gasteiger partial charge in [0.15, 0.2) is 4.90 Å². The van der Waals surface area contributed by atoms with Crippen LogP contribution in [0.2, 0.25) is 0 Å². The minimum Gasteiger partial charge on any atom is -0.480 e. The second-order valence-electron chi connectivity index (χ2n) is 5.29. The van der Waals surface area contributed by atoms with E-state index in [0.717, 1.165) is 0 Å². The fourth-order valence-electron chi connectivity index (χ4n) is 2.22. The predicted octanol–water partition coefficient (Wildman–Crippen LogP) is 2.13. The van der Waals surface area contributed by atoms with Crippen LogP contribution in [-0.2, 0) is 14.8 Å². The number of hydrogen-bond acceptors (Lipinski definition) is 5. The van der Waals surface area contributed by atoms with E-state index in [9.17, 15) is 23.3 Å². The first-order valence-electron chi connectivity index (χ1n) is 7.11. The third-order valence-electron chi connectivity index (χ3n) is 3.42. The number of aryl methyl sites for hydroxylation is 2. The molecule has 0 spiro atoms. The maximum atomic E-state index is 12.5. The van der Waals surface area contributed by atoms with Crippen LogP contribution in [0, 0.1) is 24.0 Å². The van der Waals surface area contributed by atoms with Crippen LogP contribution >= 0.6 is 0 Å². The maximum absolute atomic E-state index is 12.5. The summed E-state index contributed by atoms with van der Waals surface area (Å²) in [5.41, 5.74) is -0.145. The first kappa shape index (κ1) is 19.0. The van der Waals surface area contributed by atoms with Gasteiger partial charge < -0.3 is 5.11 Å². The van der Waals surface area contributed by atoms with Gasteiger partial charge in [0.05, 0.1) is 4.92 Å². The van der Waals surface area contributed by atoms with Crippen LogP contribution in [0.25, 0.3) is 0 Å². The average molecular weight is 344 g/mol. The fraction of sp³-hybridized carbons (Fsp3) is 0.500. The van der Waals surface area contributed by atoms with Crippen LogP contribution < -0.4 is 4.72 Å². The van der Waals surface area contributed by atoms with Crippen molar-refractivity contribution in [2.24, 2.45) is 0 Å². The van der Waals surface area contributed by atoms with Crippen LogP contribution in [0.5, 0.6) is 0 Å². The summed E-state index contributed by atoms with van der Waals surface area (Å²) in [5.74, 6) is -1.31. The summed E-state index contributed by atoms with van der Waals surface area (Å²) in [6.07, 6.45) is 1.34. The van der Waals surface area contributed by atoms with Crippen LogP contribution in [-0.4, -0.2) is 30.5 Å². The topological polar surface area (TPSA) is 127 Å². The SMILES string of the molecule is CCCC[C@H](NS(=O)(=O)c1c(C)ccc(C)c1[N+](=O)[O-])C(=O)O. The van der Waals surface area contributed by atoms with Crippen molar-refractivity contribution in [1.29, 1.82) is 0 Å². The molecule has 1 atom stereocenters. The lowest BCUT2D eigenvalue weighted by Gasteiger charge is -2.16. The summed E-state index contributed by atoms with van der Waals surface area (Å²) >= 11 is 0. The molecule has 0 fully saturated rings. The number of unbranched alkanes of at least 4 members (excludes halogenated alkanes) is 1. The van der Waals surface area contributed by atoms with E-state index in [1.54, 1.807) is 0 Å². The molecule has 2 N–H and O–H groups in total. The molecule has 1 aromatic rings. The van der Waals surface area contributed by atoms with Crippen molar-refractivity contribution in [3.8, 4) is 0 Å². The summed E-state index contributed by atoms with van der Waals surface area (Å²) in [6.45, 7) is 4.72. The van der Waals surface area contributed by atoms with Crippen molar-refractivity contribution in [2.75, 3.05) is 0 Å². The lowest BCUT2D eigenvalue weighted by atomic mass is 10.1. The Hall–Kier alpha value is -2.00. The number of hydrogen-bond donors (Lipinski definition) is 2. The molecule has 1 aromatic carbocycles. The molecule has 0 saturated carbocycles. The number of nitrogens with one attached hydrogen (secondary N) is 1. The molecular weight excluding hydrogens is 324 g/mol. The highest BCUT2D eigenvalue weighted by Gasteiger charge is 2.33. The van der Waals surface area contributed by atoms with Crippen molar-refractivity contribution in [3.05, 3.63) is 33.4 Å². The van der Waals surface area contributed by atoms with Crippen molar-refractivity contribution >= 4 is 21.7 Å². The number of carbonyl (C=O) groups is 1. The van der Waals surface area contributed by atoms with Gasteiger partial charge in [-0.2, -0.15) is 4.72 Å². The zero-order valence-corrected chi connectivity index (χ0v) is 14.0. The summed E-state index contributed by atoms with van der Waals surface area (Å²) in [7, 11) is -4.34. The van der Waals surface area contributed by atoms with E-state index in [4.69, 9.17) is 5.11 Å². The Balaban J connectivity index is 3.36. The Morgan fingerprint density at radius 1 is 1.35 bits per heavy atom. The molecule has 0 amide bonds. The molecule has 9 heteroatoms. The first-order valence-corrected chi connectivity index (χ1v) is 8.59. The van der Waals surface area contributed by atoms with Gasteiger partial charge in [-0.3, -0.25) is 14.9 Å². The zero-order chi connectivity index (χ0) is 17.8. The first-order chi connectivity index (χ1) is 10.6. The molecule has 8 nitrogen and oxygen atoms in total. The minimum absolute atomic E-state index is 0.115. The van der Waals surface area contributed by atoms with Gasteiger partial charge in [-0.15, -0.1) is 0 Å². The standard InChI is InChI=1S/C14H20N2O6S/c1-4-5-6-11(14(17)18)15-23(21,22)13-10(3)8-7-9(2)12(13)16(19)20/h7-8,11,15H,4-6H2,1-3H3,(H,17,18)/t11-/m0/s1. The highest BCUT2D eigenvalue weighted by molar-refractivity contribution is 7.89. The highest BCUT2D eigenvalue weighted by atomic mass is 32.2. The number of nitrogens with zero attached hydrogens (tertiary/aromatic N) is 1. The Bertz CT molecular complexity index is 714. The summed E-state index contributed by atoms with van der Waals surface area (Å²) in [5, 5.41) is 20.4. The Morgan fingerprint density at radius 2 is 1.91 bits per heavy atom. The second-order valence-corrected chi connectivity index (χ2v) is 6.94. The maximum Gasteiger partial charge on any atom is 0.321 e.